The smallest absolute Gasteiger partial charge is 0.326 e. The topological polar surface area (TPSA) is 95.7 Å². The Morgan fingerprint density at radius 1 is 1.33 bits per heavy atom. The SMILES string of the molecule is Cc1nc2ccccc2n1CCC(=O)N1CC[C@H](O)C[C@@H]1C(=O)O. The van der Waals surface area contributed by atoms with Crippen molar-refractivity contribution in [2.24, 2.45) is 0 Å². The first-order valence-electron chi connectivity index (χ1n) is 8.09. The highest BCUT2D eigenvalue weighted by molar-refractivity contribution is 5.84. The number of aromatic nitrogens is 2. The summed E-state index contributed by atoms with van der Waals surface area (Å²) in [6.45, 7) is 2.62. The summed E-state index contributed by atoms with van der Waals surface area (Å²) in [4.78, 5) is 29.7. The first-order chi connectivity index (χ1) is 11.5. The van der Waals surface area contributed by atoms with Gasteiger partial charge in [-0.1, -0.05) is 12.1 Å². The van der Waals surface area contributed by atoms with Crippen molar-refractivity contribution in [2.75, 3.05) is 6.54 Å². The van der Waals surface area contributed by atoms with Crippen molar-refractivity contribution in [3.8, 4) is 0 Å². The number of piperidine rings is 1. The molecule has 2 N–H and O–H groups in total. The maximum absolute atomic E-state index is 12.5. The first kappa shape index (κ1) is 16.4. The molecule has 2 heterocycles. The Kier molecular flexibility index (Phi) is 4.53. The van der Waals surface area contributed by atoms with Gasteiger partial charge < -0.3 is 19.7 Å². The predicted octanol–water partition coefficient (Wildman–Crippen LogP) is 1.17. The van der Waals surface area contributed by atoms with Crippen molar-refractivity contribution < 1.29 is 19.8 Å². The minimum Gasteiger partial charge on any atom is -0.480 e. The number of aliphatic hydroxyl groups is 1. The summed E-state index contributed by atoms with van der Waals surface area (Å²) in [5.41, 5.74) is 1.85. The van der Waals surface area contributed by atoms with Gasteiger partial charge in [0.25, 0.3) is 0 Å². The number of imidazole rings is 1. The summed E-state index contributed by atoms with van der Waals surface area (Å²) in [5.74, 6) is -0.439. The van der Waals surface area contributed by atoms with Crippen LogP contribution in [0.25, 0.3) is 11.0 Å². The van der Waals surface area contributed by atoms with Gasteiger partial charge in [-0.05, 0) is 25.5 Å². The minimum atomic E-state index is -1.06. The molecule has 1 amide bonds. The third kappa shape index (κ3) is 3.12. The van der Waals surface area contributed by atoms with Gasteiger partial charge in [0.2, 0.25) is 5.91 Å². The average molecular weight is 331 g/mol. The number of rotatable bonds is 4. The Balaban J connectivity index is 1.72. The standard InChI is InChI=1S/C17H21N3O4/c1-11-18-13-4-2-3-5-14(13)19(11)9-7-16(22)20-8-6-12(21)10-15(20)17(23)24/h2-5,12,15,21H,6-10H2,1H3,(H,23,24)/t12-,15+/m0/s1. The Morgan fingerprint density at radius 3 is 2.83 bits per heavy atom. The lowest BCUT2D eigenvalue weighted by Crippen LogP contribution is -2.51. The molecule has 24 heavy (non-hydrogen) atoms. The molecule has 1 aromatic heterocycles. The van der Waals surface area contributed by atoms with Gasteiger partial charge in [-0.15, -0.1) is 0 Å². The fraction of sp³-hybridized carbons (Fsp3) is 0.471. The van der Waals surface area contributed by atoms with Gasteiger partial charge in [-0.2, -0.15) is 0 Å². The van der Waals surface area contributed by atoms with Gasteiger partial charge in [0.1, 0.15) is 11.9 Å². The molecule has 0 spiro atoms. The number of hydrogen-bond donors (Lipinski definition) is 2. The van der Waals surface area contributed by atoms with E-state index in [0.717, 1.165) is 16.9 Å². The Hall–Kier alpha value is -2.41. The molecule has 3 rings (SSSR count). The number of para-hydroxylation sites is 2. The molecule has 2 atom stereocenters. The number of aliphatic carboxylic acids is 1. The molecule has 0 aliphatic carbocycles. The van der Waals surface area contributed by atoms with Crippen LogP contribution in [0.3, 0.4) is 0 Å². The monoisotopic (exact) mass is 331 g/mol. The first-order valence-corrected chi connectivity index (χ1v) is 8.09. The van der Waals surface area contributed by atoms with Crippen molar-refractivity contribution in [1.29, 1.82) is 0 Å². The van der Waals surface area contributed by atoms with Gasteiger partial charge in [0.05, 0.1) is 17.1 Å². The second-order valence-electron chi connectivity index (χ2n) is 6.17. The maximum Gasteiger partial charge on any atom is 0.326 e. The normalized spacial score (nSPS) is 21.2. The maximum atomic E-state index is 12.5. The van der Waals surface area contributed by atoms with E-state index in [1.54, 1.807) is 0 Å². The molecule has 7 heteroatoms. The Morgan fingerprint density at radius 2 is 2.08 bits per heavy atom. The lowest BCUT2D eigenvalue weighted by molar-refractivity contribution is -0.154. The molecule has 0 bridgehead atoms. The van der Waals surface area contributed by atoms with Crippen LogP contribution in [0, 0.1) is 6.92 Å². The molecule has 0 unspecified atom stereocenters. The number of hydrogen-bond acceptors (Lipinski definition) is 4. The van der Waals surface area contributed by atoms with E-state index in [9.17, 15) is 19.8 Å². The average Bonchev–Trinajstić information content (AvgIpc) is 2.87. The van der Waals surface area contributed by atoms with Crippen LogP contribution in [0.4, 0.5) is 0 Å². The number of amides is 1. The largest absolute Gasteiger partial charge is 0.480 e. The highest BCUT2D eigenvalue weighted by Gasteiger charge is 2.35. The van der Waals surface area contributed by atoms with Crippen LogP contribution >= 0.6 is 0 Å². The number of benzene rings is 1. The fourth-order valence-electron chi connectivity index (χ4n) is 3.31. The van der Waals surface area contributed by atoms with Crippen molar-refractivity contribution in [1.82, 2.24) is 14.5 Å². The van der Waals surface area contributed by atoms with Crippen LogP contribution in [0.15, 0.2) is 24.3 Å². The highest BCUT2D eigenvalue weighted by Crippen LogP contribution is 2.20. The second kappa shape index (κ2) is 6.60. The van der Waals surface area contributed by atoms with Gasteiger partial charge in [-0.25, -0.2) is 9.78 Å². The van der Waals surface area contributed by atoms with Crippen LogP contribution in [0.2, 0.25) is 0 Å². The molecule has 7 nitrogen and oxygen atoms in total. The van der Waals surface area contributed by atoms with E-state index in [2.05, 4.69) is 4.98 Å². The molecule has 1 saturated heterocycles. The summed E-state index contributed by atoms with van der Waals surface area (Å²) < 4.78 is 1.97. The quantitative estimate of drug-likeness (QED) is 0.877. The van der Waals surface area contributed by atoms with Crippen LogP contribution in [0.1, 0.15) is 25.1 Å². The zero-order valence-electron chi connectivity index (χ0n) is 13.6. The van der Waals surface area contributed by atoms with Gasteiger partial charge in [0, 0.05) is 25.9 Å². The van der Waals surface area contributed by atoms with Crippen LogP contribution < -0.4 is 0 Å². The number of carbonyl (C=O) groups excluding carboxylic acids is 1. The number of likely N-dealkylation sites (tertiary alicyclic amines) is 1. The molecule has 1 aliphatic rings. The van der Waals surface area contributed by atoms with E-state index in [-0.39, 0.29) is 25.3 Å². The van der Waals surface area contributed by atoms with Crippen molar-refractivity contribution in [3.63, 3.8) is 0 Å². The molecule has 0 saturated carbocycles. The predicted molar refractivity (Wildman–Crippen MR) is 87.5 cm³/mol. The van der Waals surface area contributed by atoms with Crippen molar-refractivity contribution in [3.05, 3.63) is 30.1 Å². The summed E-state index contributed by atoms with van der Waals surface area (Å²) in [6, 6.07) is 6.78. The Labute approximate surface area is 139 Å². The Bertz CT molecular complexity index is 770. The number of fused-ring (bicyclic) bond motifs is 1. The van der Waals surface area contributed by atoms with Crippen LogP contribution in [0.5, 0.6) is 0 Å². The van der Waals surface area contributed by atoms with E-state index in [4.69, 9.17) is 0 Å². The summed E-state index contributed by atoms with van der Waals surface area (Å²) in [5, 5.41) is 18.9. The molecule has 1 aliphatic heterocycles. The molecule has 1 fully saturated rings. The lowest BCUT2D eigenvalue weighted by atomic mass is 9.99. The van der Waals surface area contributed by atoms with Gasteiger partial charge >= 0.3 is 5.97 Å². The third-order valence-electron chi connectivity index (χ3n) is 4.57. The van der Waals surface area contributed by atoms with Crippen molar-refractivity contribution >= 4 is 22.9 Å². The zero-order chi connectivity index (χ0) is 17.3. The van der Waals surface area contributed by atoms with E-state index < -0.39 is 18.1 Å². The van der Waals surface area contributed by atoms with Crippen molar-refractivity contribution in [2.45, 2.75) is 44.9 Å². The fourth-order valence-corrected chi connectivity index (χ4v) is 3.31. The summed E-state index contributed by atoms with van der Waals surface area (Å²) in [6.07, 6.45) is 0.0626. The van der Waals surface area contributed by atoms with Crippen LogP contribution in [-0.2, 0) is 16.1 Å². The van der Waals surface area contributed by atoms with Gasteiger partial charge in [-0.3, -0.25) is 4.79 Å². The third-order valence-corrected chi connectivity index (χ3v) is 4.57. The molecular formula is C17H21N3O4. The van der Waals surface area contributed by atoms with E-state index in [0.29, 0.717) is 13.0 Å². The molecule has 2 aromatic rings. The van der Waals surface area contributed by atoms with Gasteiger partial charge in [0.15, 0.2) is 0 Å². The van der Waals surface area contributed by atoms with Crippen LogP contribution in [-0.4, -0.2) is 55.2 Å². The van der Waals surface area contributed by atoms with E-state index in [1.807, 2.05) is 35.8 Å². The summed E-state index contributed by atoms with van der Waals surface area (Å²) in [7, 11) is 0. The number of nitrogens with zero attached hydrogens (tertiary/aromatic N) is 3. The molecule has 1 aromatic carbocycles. The summed E-state index contributed by atoms with van der Waals surface area (Å²) >= 11 is 0. The molecule has 0 radical (unpaired) electrons. The highest BCUT2D eigenvalue weighted by atomic mass is 16.4. The number of carboxylic acid groups (broad SMARTS) is 1. The minimum absolute atomic E-state index is 0.0914. The number of aliphatic hydroxyl groups excluding tert-OH is 1. The lowest BCUT2D eigenvalue weighted by Gasteiger charge is -2.35. The number of carboxylic acids is 1. The molecule has 128 valence electrons. The zero-order valence-corrected chi connectivity index (χ0v) is 13.6. The number of aryl methyl sites for hydroxylation is 2. The van der Waals surface area contributed by atoms with E-state index >= 15 is 0 Å². The van der Waals surface area contributed by atoms with E-state index in [1.165, 1.54) is 4.90 Å². The number of carbonyl (C=O) groups is 2. The second-order valence-corrected chi connectivity index (χ2v) is 6.17. The molecular weight excluding hydrogens is 310 g/mol.